The maximum Gasteiger partial charge on any atom is 0.122 e. The molecule has 0 saturated carbocycles. The molecule has 2 heteroatoms. The molecule has 1 rings (SSSR count). The van der Waals surface area contributed by atoms with Crippen molar-refractivity contribution >= 4 is 12.6 Å². The molecule has 1 unspecified atom stereocenters. The Morgan fingerprint density at radius 1 is 1.24 bits per heavy atom. The molecule has 0 aliphatic rings. The van der Waals surface area contributed by atoms with E-state index in [0.29, 0.717) is 11.8 Å². The lowest BCUT2D eigenvalue weighted by Crippen LogP contribution is -2.01. The van der Waals surface area contributed by atoms with Gasteiger partial charge in [-0.15, -0.1) is 0 Å². The molecule has 0 aliphatic heterocycles. The predicted octanol–water partition coefficient (Wildman–Crippen LogP) is 4.63. The van der Waals surface area contributed by atoms with Gasteiger partial charge in [-0.2, -0.15) is 12.6 Å². The molecule has 96 valence electrons. The summed E-state index contributed by atoms with van der Waals surface area (Å²) in [6.07, 6.45) is 1.12. The first-order valence-corrected chi connectivity index (χ1v) is 7.10. The number of hydrogen-bond acceptors (Lipinski definition) is 2. The van der Waals surface area contributed by atoms with Gasteiger partial charge in [0.15, 0.2) is 0 Å². The Balaban J connectivity index is 3.00. The maximum absolute atomic E-state index is 5.68. The molecule has 0 spiro atoms. The second kappa shape index (κ2) is 6.95. The average molecular weight is 252 g/mol. The van der Waals surface area contributed by atoms with Crippen LogP contribution in [-0.4, -0.2) is 12.4 Å². The molecule has 1 nitrogen and oxygen atoms in total. The van der Waals surface area contributed by atoms with Crippen molar-refractivity contribution in [3.63, 3.8) is 0 Å². The quantitative estimate of drug-likeness (QED) is 0.726. The predicted molar refractivity (Wildman–Crippen MR) is 78.6 cm³/mol. The van der Waals surface area contributed by atoms with Crippen LogP contribution in [-0.2, 0) is 0 Å². The van der Waals surface area contributed by atoms with Crippen molar-refractivity contribution in [3.05, 3.63) is 29.3 Å². The normalized spacial score (nSPS) is 12.8. The second-order valence-electron chi connectivity index (χ2n) is 4.80. The van der Waals surface area contributed by atoms with Gasteiger partial charge in [0.1, 0.15) is 5.75 Å². The van der Waals surface area contributed by atoms with E-state index in [9.17, 15) is 0 Å². The Kier molecular flexibility index (Phi) is 5.90. The summed E-state index contributed by atoms with van der Waals surface area (Å²) < 4.78 is 5.68. The SMILES string of the molecule is CCOc1ccc(C(C)CCS)cc1C(C)C. The van der Waals surface area contributed by atoms with E-state index in [-0.39, 0.29) is 0 Å². The van der Waals surface area contributed by atoms with Gasteiger partial charge in [0.05, 0.1) is 6.61 Å². The van der Waals surface area contributed by atoms with E-state index >= 15 is 0 Å². The third-order valence-corrected chi connectivity index (χ3v) is 3.35. The van der Waals surface area contributed by atoms with Crippen LogP contribution in [0.4, 0.5) is 0 Å². The number of benzene rings is 1. The summed E-state index contributed by atoms with van der Waals surface area (Å²) in [5.74, 6) is 3.04. The third kappa shape index (κ3) is 3.95. The van der Waals surface area contributed by atoms with Gasteiger partial charge in [-0.1, -0.05) is 32.9 Å². The van der Waals surface area contributed by atoms with Crippen molar-refractivity contribution in [2.75, 3.05) is 12.4 Å². The second-order valence-corrected chi connectivity index (χ2v) is 5.25. The van der Waals surface area contributed by atoms with Gasteiger partial charge in [-0.3, -0.25) is 0 Å². The van der Waals surface area contributed by atoms with Crippen molar-refractivity contribution in [1.29, 1.82) is 0 Å². The van der Waals surface area contributed by atoms with E-state index in [1.165, 1.54) is 11.1 Å². The van der Waals surface area contributed by atoms with Crippen molar-refractivity contribution in [2.45, 2.75) is 46.0 Å². The zero-order valence-electron chi connectivity index (χ0n) is 11.4. The van der Waals surface area contributed by atoms with Gasteiger partial charge in [-0.25, -0.2) is 0 Å². The lowest BCUT2D eigenvalue weighted by Gasteiger charge is -2.17. The lowest BCUT2D eigenvalue weighted by molar-refractivity contribution is 0.335. The first kappa shape index (κ1) is 14.4. The molecular weight excluding hydrogens is 228 g/mol. The first-order valence-electron chi connectivity index (χ1n) is 6.47. The van der Waals surface area contributed by atoms with Gasteiger partial charge in [0, 0.05) is 0 Å². The van der Waals surface area contributed by atoms with Crippen LogP contribution in [0.25, 0.3) is 0 Å². The molecule has 1 aromatic carbocycles. The summed E-state index contributed by atoms with van der Waals surface area (Å²) >= 11 is 4.31. The zero-order chi connectivity index (χ0) is 12.8. The van der Waals surface area contributed by atoms with Gasteiger partial charge < -0.3 is 4.74 Å². The third-order valence-electron chi connectivity index (χ3n) is 3.09. The van der Waals surface area contributed by atoms with Gasteiger partial charge in [0.2, 0.25) is 0 Å². The van der Waals surface area contributed by atoms with E-state index < -0.39 is 0 Å². The zero-order valence-corrected chi connectivity index (χ0v) is 12.3. The van der Waals surface area contributed by atoms with Crippen LogP contribution >= 0.6 is 12.6 Å². The Labute approximate surface area is 111 Å². The molecule has 17 heavy (non-hydrogen) atoms. The van der Waals surface area contributed by atoms with Gasteiger partial charge in [0.25, 0.3) is 0 Å². The van der Waals surface area contributed by atoms with Crippen LogP contribution < -0.4 is 4.74 Å². The summed E-state index contributed by atoms with van der Waals surface area (Å²) in [6, 6.07) is 6.60. The van der Waals surface area contributed by atoms with Crippen LogP contribution in [0, 0.1) is 0 Å². The standard InChI is InChI=1S/C15H24OS/c1-5-16-15-7-6-13(12(4)8-9-17)10-14(15)11(2)3/h6-7,10-12,17H,5,8-9H2,1-4H3. The van der Waals surface area contributed by atoms with Crippen LogP contribution in [0.15, 0.2) is 18.2 Å². The van der Waals surface area contributed by atoms with E-state index in [1.54, 1.807) is 0 Å². The minimum atomic E-state index is 0.500. The summed E-state index contributed by atoms with van der Waals surface area (Å²) in [5, 5.41) is 0. The fourth-order valence-corrected chi connectivity index (χ4v) is 2.36. The largest absolute Gasteiger partial charge is 0.494 e. The smallest absolute Gasteiger partial charge is 0.122 e. The molecule has 0 heterocycles. The monoisotopic (exact) mass is 252 g/mol. The van der Waals surface area contributed by atoms with Crippen LogP contribution in [0.1, 0.15) is 57.1 Å². The highest BCUT2D eigenvalue weighted by atomic mass is 32.1. The number of ether oxygens (including phenoxy) is 1. The lowest BCUT2D eigenvalue weighted by atomic mass is 9.93. The van der Waals surface area contributed by atoms with Crippen LogP contribution in [0.3, 0.4) is 0 Å². The molecule has 0 amide bonds. The van der Waals surface area contributed by atoms with E-state index in [4.69, 9.17) is 4.74 Å². The molecule has 0 N–H and O–H groups in total. The Morgan fingerprint density at radius 2 is 1.94 bits per heavy atom. The molecule has 1 aromatic rings. The number of rotatable bonds is 6. The van der Waals surface area contributed by atoms with Crippen molar-refractivity contribution in [1.82, 2.24) is 0 Å². The highest BCUT2D eigenvalue weighted by Gasteiger charge is 2.11. The minimum Gasteiger partial charge on any atom is -0.494 e. The molecule has 0 bridgehead atoms. The highest BCUT2D eigenvalue weighted by Crippen LogP contribution is 2.31. The van der Waals surface area contributed by atoms with Crippen LogP contribution in [0.5, 0.6) is 5.75 Å². The molecule has 1 atom stereocenters. The summed E-state index contributed by atoms with van der Waals surface area (Å²) in [4.78, 5) is 0. The van der Waals surface area contributed by atoms with Gasteiger partial charge >= 0.3 is 0 Å². The Hall–Kier alpha value is -0.630. The topological polar surface area (TPSA) is 9.23 Å². The number of hydrogen-bond donors (Lipinski definition) is 1. The molecule has 0 saturated heterocycles. The Morgan fingerprint density at radius 3 is 2.47 bits per heavy atom. The maximum atomic E-state index is 5.68. The minimum absolute atomic E-state index is 0.500. The average Bonchev–Trinajstić information content (AvgIpc) is 2.30. The molecule has 0 aromatic heterocycles. The summed E-state index contributed by atoms with van der Waals surface area (Å²) in [6.45, 7) is 9.44. The first-order chi connectivity index (χ1) is 8.10. The molecular formula is C15H24OS. The van der Waals surface area contributed by atoms with Crippen molar-refractivity contribution < 1.29 is 4.74 Å². The molecule has 0 radical (unpaired) electrons. The van der Waals surface area contributed by atoms with Crippen LogP contribution in [0.2, 0.25) is 0 Å². The van der Waals surface area contributed by atoms with Crippen molar-refractivity contribution in [2.24, 2.45) is 0 Å². The van der Waals surface area contributed by atoms with E-state index in [0.717, 1.165) is 24.5 Å². The molecule has 0 fully saturated rings. The fraction of sp³-hybridized carbons (Fsp3) is 0.600. The van der Waals surface area contributed by atoms with Crippen molar-refractivity contribution in [3.8, 4) is 5.75 Å². The fourth-order valence-electron chi connectivity index (χ4n) is 1.97. The van der Waals surface area contributed by atoms with E-state index in [1.807, 2.05) is 6.92 Å². The Bertz CT molecular complexity index is 347. The van der Waals surface area contributed by atoms with E-state index in [2.05, 4.69) is 51.6 Å². The van der Waals surface area contributed by atoms with Gasteiger partial charge in [-0.05, 0) is 48.1 Å². The summed E-state index contributed by atoms with van der Waals surface area (Å²) in [5.41, 5.74) is 2.71. The number of thiol groups is 1. The highest BCUT2D eigenvalue weighted by molar-refractivity contribution is 7.80. The molecule has 0 aliphatic carbocycles. The summed E-state index contributed by atoms with van der Waals surface area (Å²) in [7, 11) is 0.